The Hall–Kier alpha value is -0.610. The van der Waals surface area contributed by atoms with Crippen molar-refractivity contribution >= 4 is 5.97 Å². The van der Waals surface area contributed by atoms with Crippen molar-refractivity contribution in [1.82, 2.24) is 4.90 Å². The number of aliphatic carboxylic acids is 1. The fourth-order valence-electron chi connectivity index (χ4n) is 3.33. The molecule has 1 saturated carbocycles. The van der Waals surface area contributed by atoms with E-state index in [1.54, 1.807) is 0 Å². The van der Waals surface area contributed by atoms with Crippen LogP contribution in [0.15, 0.2) is 0 Å². The van der Waals surface area contributed by atoms with E-state index in [2.05, 4.69) is 18.7 Å². The van der Waals surface area contributed by atoms with Gasteiger partial charge in [-0.15, -0.1) is 0 Å². The average Bonchev–Trinajstić information content (AvgIpc) is 2.66. The summed E-state index contributed by atoms with van der Waals surface area (Å²) in [7, 11) is 0. The molecule has 4 nitrogen and oxygen atoms in total. The zero-order chi connectivity index (χ0) is 12.6. The Morgan fingerprint density at radius 1 is 1.41 bits per heavy atom. The third kappa shape index (κ3) is 2.47. The molecule has 0 amide bonds. The van der Waals surface area contributed by atoms with Crippen LogP contribution < -0.4 is 5.73 Å². The molecule has 98 valence electrons. The van der Waals surface area contributed by atoms with Gasteiger partial charge in [0, 0.05) is 19.1 Å². The first-order valence-corrected chi connectivity index (χ1v) is 6.69. The molecule has 0 aromatic rings. The molecule has 0 spiro atoms. The standard InChI is InChI=1S/C13H24N2O2/c1-9-3-4-10(2)11(7-9)15-6-5-13(14,8-15)12(16)17/h9-11H,3-8,14H2,1-2H3,(H,16,17). The maximum absolute atomic E-state index is 11.1. The largest absolute Gasteiger partial charge is 0.480 e. The van der Waals surface area contributed by atoms with Crippen LogP contribution in [0.25, 0.3) is 0 Å². The normalized spacial score (nSPS) is 43.8. The molecule has 2 aliphatic rings. The summed E-state index contributed by atoms with van der Waals surface area (Å²) in [5.74, 6) is 0.577. The third-order valence-electron chi connectivity index (χ3n) is 4.64. The Balaban J connectivity index is 2.02. The molecule has 3 N–H and O–H groups in total. The van der Waals surface area contributed by atoms with Gasteiger partial charge in [-0.2, -0.15) is 0 Å². The van der Waals surface area contributed by atoms with Crippen molar-refractivity contribution in [3.8, 4) is 0 Å². The summed E-state index contributed by atoms with van der Waals surface area (Å²) in [4.78, 5) is 13.5. The highest BCUT2D eigenvalue weighted by molar-refractivity contribution is 5.79. The molecule has 1 aliphatic carbocycles. The van der Waals surface area contributed by atoms with Gasteiger partial charge in [0.15, 0.2) is 0 Å². The molecule has 4 heteroatoms. The van der Waals surface area contributed by atoms with Crippen LogP contribution in [0.3, 0.4) is 0 Å². The number of carboxylic acid groups (broad SMARTS) is 1. The van der Waals surface area contributed by atoms with Gasteiger partial charge in [-0.1, -0.05) is 20.3 Å². The Bertz CT molecular complexity index is 308. The van der Waals surface area contributed by atoms with Crippen LogP contribution in [-0.4, -0.2) is 40.6 Å². The number of carboxylic acids is 1. The highest BCUT2D eigenvalue weighted by Crippen LogP contribution is 2.34. The average molecular weight is 240 g/mol. The van der Waals surface area contributed by atoms with Crippen molar-refractivity contribution < 1.29 is 9.90 Å². The molecule has 4 atom stereocenters. The van der Waals surface area contributed by atoms with Gasteiger partial charge in [-0.3, -0.25) is 9.69 Å². The third-order valence-corrected chi connectivity index (χ3v) is 4.64. The number of hydrogen-bond acceptors (Lipinski definition) is 3. The maximum Gasteiger partial charge on any atom is 0.325 e. The first-order chi connectivity index (χ1) is 7.92. The van der Waals surface area contributed by atoms with Gasteiger partial charge in [0.2, 0.25) is 0 Å². The van der Waals surface area contributed by atoms with Gasteiger partial charge in [0.05, 0.1) is 0 Å². The van der Waals surface area contributed by atoms with Crippen LogP contribution in [0.1, 0.15) is 39.5 Å². The van der Waals surface area contributed by atoms with E-state index >= 15 is 0 Å². The summed E-state index contributed by atoms with van der Waals surface area (Å²) < 4.78 is 0. The number of nitrogens with zero attached hydrogens (tertiary/aromatic N) is 1. The molecule has 2 fully saturated rings. The van der Waals surface area contributed by atoms with Crippen molar-refractivity contribution in [2.75, 3.05) is 13.1 Å². The lowest BCUT2D eigenvalue weighted by Crippen LogP contribution is -2.52. The SMILES string of the molecule is CC1CCC(C)C(N2CCC(N)(C(=O)O)C2)C1. The Morgan fingerprint density at radius 2 is 2.12 bits per heavy atom. The number of likely N-dealkylation sites (tertiary alicyclic amines) is 1. The lowest BCUT2D eigenvalue weighted by Gasteiger charge is -2.39. The van der Waals surface area contributed by atoms with Gasteiger partial charge in [0.25, 0.3) is 0 Å². The summed E-state index contributed by atoms with van der Waals surface area (Å²) in [5, 5.41) is 9.15. The van der Waals surface area contributed by atoms with Crippen molar-refractivity contribution in [3.05, 3.63) is 0 Å². The molecular weight excluding hydrogens is 216 g/mol. The topological polar surface area (TPSA) is 66.6 Å². The summed E-state index contributed by atoms with van der Waals surface area (Å²) >= 11 is 0. The summed E-state index contributed by atoms with van der Waals surface area (Å²) in [5.41, 5.74) is 4.92. The minimum absolute atomic E-state index is 0.518. The predicted octanol–water partition coefficient (Wildman–Crippen LogP) is 1.30. The van der Waals surface area contributed by atoms with E-state index in [0.717, 1.165) is 12.5 Å². The van der Waals surface area contributed by atoms with Crippen LogP contribution in [0.4, 0.5) is 0 Å². The fourth-order valence-corrected chi connectivity index (χ4v) is 3.33. The van der Waals surface area contributed by atoms with E-state index in [1.807, 2.05) is 0 Å². The minimum Gasteiger partial charge on any atom is -0.480 e. The van der Waals surface area contributed by atoms with Gasteiger partial charge in [-0.05, 0) is 31.1 Å². The van der Waals surface area contributed by atoms with E-state index in [9.17, 15) is 4.79 Å². The minimum atomic E-state index is -1.01. The van der Waals surface area contributed by atoms with E-state index in [4.69, 9.17) is 10.8 Å². The number of rotatable bonds is 2. The van der Waals surface area contributed by atoms with Crippen LogP contribution >= 0.6 is 0 Å². The van der Waals surface area contributed by atoms with Gasteiger partial charge < -0.3 is 10.8 Å². The zero-order valence-corrected chi connectivity index (χ0v) is 10.9. The molecule has 0 bridgehead atoms. The molecule has 1 heterocycles. The quantitative estimate of drug-likeness (QED) is 0.763. The molecular formula is C13H24N2O2. The molecule has 0 aromatic carbocycles. The second-order valence-corrected chi connectivity index (χ2v) is 6.14. The monoisotopic (exact) mass is 240 g/mol. The lowest BCUT2D eigenvalue weighted by molar-refractivity contribution is -0.142. The van der Waals surface area contributed by atoms with Crippen molar-refractivity contribution in [2.45, 2.75) is 51.1 Å². The second kappa shape index (κ2) is 4.58. The van der Waals surface area contributed by atoms with E-state index in [0.29, 0.717) is 24.9 Å². The highest BCUT2D eigenvalue weighted by atomic mass is 16.4. The molecule has 0 radical (unpaired) electrons. The second-order valence-electron chi connectivity index (χ2n) is 6.14. The number of nitrogens with two attached hydrogens (primary N) is 1. The lowest BCUT2D eigenvalue weighted by atomic mass is 9.79. The Kier molecular flexibility index (Phi) is 3.46. The smallest absolute Gasteiger partial charge is 0.325 e. The zero-order valence-electron chi connectivity index (χ0n) is 10.9. The first kappa shape index (κ1) is 12.8. The molecule has 17 heavy (non-hydrogen) atoms. The Morgan fingerprint density at radius 3 is 2.71 bits per heavy atom. The predicted molar refractivity (Wildman–Crippen MR) is 66.7 cm³/mol. The van der Waals surface area contributed by atoms with Crippen LogP contribution in [0, 0.1) is 11.8 Å². The number of hydrogen-bond donors (Lipinski definition) is 2. The number of carbonyl (C=O) groups is 1. The molecule has 1 saturated heterocycles. The highest BCUT2D eigenvalue weighted by Gasteiger charge is 2.44. The summed E-state index contributed by atoms with van der Waals surface area (Å²) in [6, 6.07) is 0.531. The van der Waals surface area contributed by atoms with Crippen LogP contribution in [0.5, 0.6) is 0 Å². The molecule has 0 aromatic heterocycles. The molecule has 1 aliphatic heterocycles. The fraction of sp³-hybridized carbons (Fsp3) is 0.923. The van der Waals surface area contributed by atoms with E-state index in [-0.39, 0.29) is 0 Å². The van der Waals surface area contributed by atoms with Gasteiger partial charge >= 0.3 is 5.97 Å². The van der Waals surface area contributed by atoms with Crippen LogP contribution in [0.2, 0.25) is 0 Å². The van der Waals surface area contributed by atoms with Gasteiger partial charge in [-0.25, -0.2) is 0 Å². The van der Waals surface area contributed by atoms with E-state index < -0.39 is 11.5 Å². The maximum atomic E-state index is 11.1. The van der Waals surface area contributed by atoms with E-state index in [1.165, 1.54) is 19.3 Å². The van der Waals surface area contributed by atoms with Crippen LogP contribution in [-0.2, 0) is 4.79 Å². The van der Waals surface area contributed by atoms with Crippen molar-refractivity contribution in [3.63, 3.8) is 0 Å². The Labute approximate surface area is 103 Å². The molecule has 4 unspecified atom stereocenters. The van der Waals surface area contributed by atoms with Gasteiger partial charge in [0.1, 0.15) is 5.54 Å². The van der Waals surface area contributed by atoms with Crippen molar-refractivity contribution in [1.29, 1.82) is 0 Å². The summed E-state index contributed by atoms with van der Waals surface area (Å²) in [6.45, 7) is 5.93. The molecule has 2 rings (SSSR count). The summed E-state index contributed by atoms with van der Waals surface area (Å²) in [6.07, 6.45) is 4.34. The first-order valence-electron chi connectivity index (χ1n) is 6.69. The van der Waals surface area contributed by atoms with Crippen molar-refractivity contribution in [2.24, 2.45) is 17.6 Å².